The third-order valence-corrected chi connectivity index (χ3v) is 4.36. The van der Waals surface area contributed by atoms with E-state index in [0.29, 0.717) is 18.8 Å². The smallest absolute Gasteiger partial charge is 0.261 e. The number of carbonyl (C=O) groups excluding carboxylic acids is 1. The highest BCUT2D eigenvalue weighted by molar-refractivity contribution is 6.03. The van der Waals surface area contributed by atoms with Gasteiger partial charge in [-0.15, -0.1) is 0 Å². The summed E-state index contributed by atoms with van der Waals surface area (Å²) in [7, 11) is 0. The zero-order valence-electron chi connectivity index (χ0n) is 16.1. The number of ether oxygens (including phenoxy) is 2. The SMILES string of the molecule is CCOC(OCC)(C(=O)c1ccc(C)cc1C)c1ccc(C)cc1C. The lowest BCUT2D eigenvalue weighted by Crippen LogP contribution is -2.43. The Morgan fingerprint density at radius 3 is 1.84 bits per heavy atom. The summed E-state index contributed by atoms with van der Waals surface area (Å²) in [6.07, 6.45) is 0. The number of rotatable bonds is 7. The molecule has 0 aliphatic heterocycles. The van der Waals surface area contributed by atoms with Gasteiger partial charge in [0, 0.05) is 24.3 Å². The number of ketones is 1. The van der Waals surface area contributed by atoms with Crippen molar-refractivity contribution in [3.8, 4) is 0 Å². The number of hydrogen-bond donors (Lipinski definition) is 0. The summed E-state index contributed by atoms with van der Waals surface area (Å²) < 4.78 is 12.0. The van der Waals surface area contributed by atoms with E-state index in [-0.39, 0.29) is 5.78 Å². The van der Waals surface area contributed by atoms with E-state index in [9.17, 15) is 4.79 Å². The average Bonchev–Trinajstić information content (AvgIpc) is 2.54. The first-order valence-electron chi connectivity index (χ1n) is 8.83. The van der Waals surface area contributed by atoms with E-state index in [2.05, 4.69) is 6.07 Å². The van der Waals surface area contributed by atoms with E-state index in [4.69, 9.17) is 9.47 Å². The van der Waals surface area contributed by atoms with E-state index in [1.54, 1.807) is 0 Å². The second-order valence-electron chi connectivity index (χ2n) is 6.45. The minimum absolute atomic E-state index is 0.152. The van der Waals surface area contributed by atoms with Crippen molar-refractivity contribution in [1.82, 2.24) is 0 Å². The van der Waals surface area contributed by atoms with Gasteiger partial charge in [0.15, 0.2) is 0 Å². The highest BCUT2D eigenvalue weighted by atomic mass is 16.7. The molecule has 0 radical (unpaired) electrons. The second kappa shape index (κ2) is 7.94. The van der Waals surface area contributed by atoms with Crippen LogP contribution in [0.5, 0.6) is 0 Å². The van der Waals surface area contributed by atoms with Crippen LogP contribution < -0.4 is 0 Å². The molecule has 3 heteroatoms. The van der Waals surface area contributed by atoms with E-state index >= 15 is 0 Å². The van der Waals surface area contributed by atoms with Crippen LogP contribution in [0.25, 0.3) is 0 Å². The highest BCUT2D eigenvalue weighted by Gasteiger charge is 2.44. The predicted molar refractivity (Wildman–Crippen MR) is 101 cm³/mol. The van der Waals surface area contributed by atoms with Crippen LogP contribution in [0.15, 0.2) is 36.4 Å². The number of carbonyl (C=O) groups is 1. The Hall–Kier alpha value is -1.97. The lowest BCUT2D eigenvalue weighted by atomic mass is 9.89. The van der Waals surface area contributed by atoms with Crippen LogP contribution in [0.2, 0.25) is 0 Å². The lowest BCUT2D eigenvalue weighted by molar-refractivity contribution is -0.205. The van der Waals surface area contributed by atoms with E-state index in [1.165, 1.54) is 0 Å². The first-order valence-corrected chi connectivity index (χ1v) is 8.83. The second-order valence-corrected chi connectivity index (χ2v) is 6.45. The van der Waals surface area contributed by atoms with Crippen LogP contribution in [0.3, 0.4) is 0 Å². The molecule has 134 valence electrons. The van der Waals surface area contributed by atoms with Crippen molar-refractivity contribution in [2.24, 2.45) is 0 Å². The molecule has 0 atom stereocenters. The molecule has 0 aliphatic carbocycles. The van der Waals surface area contributed by atoms with Gasteiger partial charge < -0.3 is 9.47 Å². The molecule has 0 aromatic heterocycles. The minimum Gasteiger partial charge on any atom is -0.340 e. The van der Waals surface area contributed by atoms with Gasteiger partial charge in [-0.2, -0.15) is 0 Å². The average molecular weight is 340 g/mol. The molecule has 0 bridgehead atoms. The van der Waals surface area contributed by atoms with Gasteiger partial charge in [-0.25, -0.2) is 0 Å². The number of hydrogen-bond acceptors (Lipinski definition) is 3. The van der Waals surface area contributed by atoms with E-state index in [1.807, 2.05) is 71.9 Å². The van der Waals surface area contributed by atoms with Gasteiger partial charge >= 0.3 is 0 Å². The van der Waals surface area contributed by atoms with Gasteiger partial charge in [0.05, 0.1) is 0 Å². The summed E-state index contributed by atoms with van der Waals surface area (Å²) in [5.41, 5.74) is 5.58. The van der Waals surface area contributed by atoms with Gasteiger partial charge in [0.25, 0.3) is 5.79 Å². The molecule has 25 heavy (non-hydrogen) atoms. The first-order chi connectivity index (χ1) is 11.9. The van der Waals surface area contributed by atoms with Crippen molar-refractivity contribution < 1.29 is 14.3 Å². The molecular weight excluding hydrogens is 312 g/mol. The van der Waals surface area contributed by atoms with Crippen molar-refractivity contribution in [3.63, 3.8) is 0 Å². The van der Waals surface area contributed by atoms with Crippen LogP contribution >= 0.6 is 0 Å². The summed E-state index contributed by atoms with van der Waals surface area (Å²) in [4.78, 5) is 13.6. The molecule has 0 aliphatic rings. The topological polar surface area (TPSA) is 35.5 Å². The van der Waals surface area contributed by atoms with Gasteiger partial charge in [-0.05, 0) is 52.7 Å². The maximum absolute atomic E-state index is 13.6. The fourth-order valence-corrected chi connectivity index (χ4v) is 3.29. The predicted octanol–water partition coefficient (Wildman–Crippen LogP) is 5.03. The van der Waals surface area contributed by atoms with Crippen molar-refractivity contribution >= 4 is 5.78 Å². The molecule has 0 unspecified atom stereocenters. The summed E-state index contributed by atoms with van der Waals surface area (Å²) in [6.45, 7) is 12.5. The fourth-order valence-electron chi connectivity index (χ4n) is 3.29. The largest absolute Gasteiger partial charge is 0.340 e. The van der Waals surface area contributed by atoms with Crippen LogP contribution in [-0.4, -0.2) is 19.0 Å². The summed E-state index contributed by atoms with van der Waals surface area (Å²) >= 11 is 0. The molecule has 0 spiro atoms. The maximum atomic E-state index is 13.6. The maximum Gasteiger partial charge on any atom is 0.261 e. The Morgan fingerprint density at radius 2 is 1.36 bits per heavy atom. The Bertz CT molecular complexity index is 756. The van der Waals surface area contributed by atoms with E-state index in [0.717, 1.165) is 27.8 Å². The van der Waals surface area contributed by atoms with Crippen molar-refractivity contribution in [2.75, 3.05) is 13.2 Å². The van der Waals surface area contributed by atoms with Crippen molar-refractivity contribution in [2.45, 2.75) is 47.3 Å². The number of aryl methyl sites for hydroxylation is 4. The van der Waals surface area contributed by atoms with Crippen molar-refractivity contribution in [3.05, 3.63) is 69.8 Å². The van der Waals surface area contributed by atoms with Crippen LogP contribution in [0, 0.1) is 27.7 Å². The normalized spacial score (nSPS) is 11.6. The minimum atomic E-state index is -1.42. The molecule has 2 aromatic carbocycles. The molecule has 0 saturated carbocycles. The molecule has 2 rings (SSSR count). The molecule has 2 aromatic rings. The Labute approximate surface area is 151 Å². The van der Waals surface area contributed by atoms with Crippen LogP contribution in [-0.2, 0) is 15.3 Å². The molecular formula is C22H28O3. The van der Waals surface area contributed by atoms with Crippen LogP contribution in [0.1, 0.15) is 52.0 Å². The monoisotopic (exact) mass is 340 g/mol. The zero-order valence-corrected chi connectivity index (χ0v) is 16.1. The van der Waals surface area contributed by atoms with Gasteiger partial charge in [0.2, 0.25) is 5.78 Å². The molecule has 0 amide bonds. The highest BCUT2D eigenvalue weighted by Crippen LogP contribution is 2.35. The standard InChI is InChI=1S/C22H28O3/c1-7-24-22(25-8-2,20-12-10-16(4)14-18(20)6)21(23)19-11-9-15(3)13-17(19)5/h9-14H,7-8H2,1-6H3. The molecule has 0 heterocycles. The third kappa shape index (κ3) is 3.83. The van der Waals surface area contributed by atoms with Crippen molar-refractivity contribution in [1.29, 1.82) is 0 Å². The quantitative estimate of drug-likeness (QED) is 0.524. The number of Topliss-reactive ketones (excluding diaryl/α,β-unsaturated/α-hetero) is 1. The lowest BCUT2D eigenvalue weighted by Gasteiger charge is -2.34. The molecule has 0 fully saturated rings. The van der Waals surface area contributed by atoms with Gasteiger partial charge in [-0.1, -0.05) is 47.5 Å². The Balaban J connectivity index is 2.67. The van der Waals surface area contributed by atoms with Gasteiger partial charge in [0.1, 0.15) is 0 Å². The number of benzene rings is 2. The molecule has 0 saturated heterocycles. The van der Waals surface area contributed by atoms with Gasteiger partial charge in [-0.3, -0.25) is 4.79 Å². The third-order valence-electron chi connectivity index (χ3n) is 4.36. The fraction of sp³-hybridized carbons (Fsp3) is 0.409. The summed E-state index contributed by atoms with van der Waals surface area (Å²) in [5.74, 6) is -1.57. The first kappa shape index (κ1) is 19.4. The summed E-state index contributed by atoms with van der Waals surface area (Å²) in [6, 6.07) is 11.8. The Kier molecular flexibility index (Phi) is 6.15. The molecule has 0 N–H and O–H groups in total. The zero-order chi connectivity index (χ0) is 18.6. The Morgan fingerprint density at radius 1 is 0.840 bits per heavy atom. The van der Waals surface area contributed by atoms with E-state index < -0.39 is 5.79 Å². The molecule has 3 nitrogen and oxygen atoms in total. The van der Waals surface area contributed by atoms with Crippen LogP contribution in [0.4, 0.5) is 0 Å². The summed E-state index contributed by atoms with van der Waals surface area (Å²) in [5, 5.41) is 0.